The van der Waals surface area contributed by atoms with Crippen LogP contribution in [0.25, 0.3) is 0 Å². The second-order valence-electron chi connectivity index (χ2n) is 3.90. The number of hydrogen-bond donors (Lipinski definition) is 1. The summed E-state index contributed by atoms with van der Waals surface area (Å²) in [5.41, 5.74) is 0. The van der Waals surface area contributed by atoms with Crippen molar-refractivity contribution in [1.82, 2.24) is 14.3 Å². The number of aromatic nitrogens is 2. The summed E-state index contributed by atoms with van der Waals surface area (Å²) in [4.78, 5) is 6.29. The van der Waals surface area contributed by atoms with Crippen LogP contribution in [0.3, 0.4) is 0 Å². The van der Waals surface area contributed by atoms with E-state index < -0.39 is 10.0 Å². The fraction of sp³-hybridized carbons (Fsp3) is 0.250. The molecule has 6 nitrogen and oxygen atoms in total. The predicted octanol–water partition coefficient (Wildman–Crippen LogP) is 1.11. The van der Waals surface area contributed by atoms with E-state index in [9.17, 15) is 8.42 Å². The Labute approximate surface area is 112 Å². The Kier molecular flexibility index (Phi) is 4.18. The zero-order valence-corrected chi connectivity index (χ0v) is 11.3. The Balaban J connectivity index is 1.90. The molecule has 0 aliphatic rings. The lowest BCUT2D eigenvalue weighted by Crippen LogP contribution is -2.31. The van der Waals surface area contributed by atoms with Gasteiger partial charge in [0.15, 0.2) is 5.03 Å². The summed E-state index contributed by atoms with van der Waals surface area (Å²) in [6.07, 6.45) is 2.62. The van der Waals surface area contributed by atoms with E-state index in [1.165, 1.54) is 23.9 Å². The van der Waals surface area contributed by atoms with Crippen molar-refractivity contribution >= 4 is 10.0 Å². The van der Waals surface area contributed by atoms with Gasteiger partial charge in [0, 0.05) is 13.6 Å². The van der Waals surface area contributed by atoms with E-state index in [2.05, 4.69) is 9.97 Å². The molecule has 0 bridgehead atoms. The van der Waals surface area contributed by atoms with Crippen LogP contribution in [0.15, 0.2) is 47.9 Å². The smallest absolute Gasteiger partial charge is 0.259 e. The first-order chi connectivity index (χ1) is 9.10. The average Bonchev–Trinajstić information content (AvgIpc) is 2.94. The monoisotopic (exact) mass is 281 g/mol. The Hall–Kier alpha value is -1.86. The van der Waals surface area contributed by atoms with Crippen LogP contribution in [0, 0.1) is 0 Å². The molecule has 1 heterocycles. The first kappa shape index (κ1) is 13.6. The summed E-state index contributed by atoms with van der Waals surface area (Å²) in [6.45, 7) is 0.546. The van der Waals surface area contributed by atoms with Crippen LogP contribution in [-0.4, -0.2) is 42.9 Å². The van der Waals surface area contributed by atoms with Gasteiger partial charge in [0.2, 0.25) is 0 Å². The maximum atomic E-state index is 12.0. The topological polar surface area (TPSA) is 75.3 Å². The standard InChI is InChI=1S/C12H15N3O3S/c1-15(19(16,17)12-9-13-10-14-12)7-8-18-11-5-3-2-4-6-11/h2-6,9-10H,7-8H2,1H3,(H,13,14). The molecule has 0 unspecified atom stereocenters. The van der Waals surface area contributed by atoms with Crippen molar-refractivity contribution in [3.63, 3.8) is 0 Å². The Morgan fingerprint density at radius 2 is 2.05 bits per heavy atom. The Morgan fingerprint density at radius 3 is 2.68 bits per heavy atom. The summed E-state index contributed by atoms with van der Waals surface area (Å²) in [7, 11) is -2.01. The molecule has 0 saturated carbocycles. The molecular weight excluding hydrogens is 266 g/mol. The number of benzene rings is 1. The van der Waals surface area contributed by atoms with Crippen molar-refractivity contribution in [3.05, 3.63) is 42.9 Å². The van der Waals surface area contributed by atoms with Gasteiger partial charge in [-0.25, -0.2) is 13.4 Å². The summed E-state index contributed by atoms with van der Waals surface area (Å²) in [6, 6.07) is 9.26. The zero-order chi connectivity index (χ0) is 13.7. The lowest BCUT2D eigenvalue weighted by atomic mass is 10.3. The minimum absolute atomic E-state index is 0.0784. The highest BCUT2D eigenvalue weighted by atomic mass is 32.2. The maximum Gasteiger partial charge on any atom is 0.259 e. The molecule has 19 heavy (non-hydrogen) atoms. The Morgan fingerprint density at radius 1 is 1.32 bits per heavy atom. The van der Waals surface area contributed by atoms with Gasteiger partial charge in [-0.05, 0) is 12.1 Å². The molecule has 0 aliphatic heterocycles. The van der Waals surface area contributed by atoms with Crippen molar-refractivity contribution in [2.45, 2.75) is 5.03 Å². The van der Waals surface area contributed by atoms with E-state index in [0.717, 1.165) is 5.75 Å². The molecule has 1 aromatic carbocycles. The number of aromatic amines is 1. The van der Waals surface area contributed by atoms with Gasteiger partial charge in [-0.2, -0.15) is 4.31 Å². The highest BCUT2D eigenvalue weighted by Crippen LogP contribution is 2.11. The van der Waals surface area contributed by atoms with E-state index in [1.807, 2.05) is 30.3 Å². The number of para-hydroxylation sites is 1. The minimum atomic E-state index is -3.51. The molecule has 0 fully saturated rings. The lowest BCUT2D eigenvalue weighted by Gasteiger charge is -2.16. The number of imidazole rings is 1. The normalized spacial score (nSPS) is 11.7. The highest BCUT2D eigenvalue weighted by molar-refractivity contribution is 7.89. The van der Waals surface area contributed by atoms with Gasteiger partial charge in [-0.1, -0.05) is 18.2 Å². The summed E-state index contributed by atoms with van der Waals surface area (Å²) < 4.78 is 30.8. The Bertz CT molecular complexity index is 596. The van der Waals surface area contributed by atoms with Gasteiger partial charge < -0.3 is 9.72 Å². The molecule has 102 valence electrons. The van der Waals surface area contributed by atoms with Crippen molar-refractivity contribution in [3.8, 4) is 5.75 Å². The number of nitrogens with one attached hydrogen (secondary N) is 1. The highest BCUT2D eigenvalue weighted by Gasteiger charge is 2.21. The lowest BCUT2D eigenvalue weighted by molar-refractivity contribution is 0.286. The average molecular weight is 281 g/mol. The summed E-state index contributed by atoms with van der Waals surface area (Å²) in [5.74, 6) is 0.717. The quantitative estimate of drug-likeness (QED) is 0.860. The van der Waals surface area contributed by atoms with E-state index in [0.29, 0.717) is 0 Å². The molecular formula is C12H15N3O3S. The molecule has 2 rings (SSSR count). The predicted molar refractivity (Wildman–Crippen MR) is 70.3 cm³/mol. The van der Waals surface area contributed by atoms with Crippen LogP contribution >= 0.6 is 0 Å². The molecule has 0 atom stereocenters. The number of H-pyrrole nitrogens is 1. The number of nitrogens with zero attached hydrogens (tertiary/aromatic N) is 2. The van der Waals surface area contributed by atoms with Gasteiger partial charge >= 0.3 is 0 Å². The molecule has 0 radical (unpaired) electrons. The first-order valence-electron chi connectivity index (χ1n) is 5.73. The minimum Gasteiger partial charge on any atom is -0.492 e. The molecule has 0 spiro atoms. The van der Waals surface area contributed by atoms with E-state index in [4.69, 9.17) is 4.74 Å². The second-order valence-corrected chi connectivity index (χ2v) is 5.92. The third-order valence-electron chi connectivity index (χ3n) is 2.58. The molecule has 0 aliphatic carbocycles. The zero-order valence-electron chi connectivity index (χ0n) is 10.5. The fourth-order valence-corrected chi connectivity index (χ4v) is 2.53. The van der Waals surface area contributed by atoms with Crippen LogP contribution in [0.2, 0.25) is 0 Å². The van der Waals surface area contributed by atoms with Crippen LogP contribution in [0.1, 0.15) is 0 Å². The number of ether oxygens (including phenoxy) is 1. The summed E-state index contributed by atoms with van der Waals surface area (Å²) in [5, 5.41) is 0.0784. The van der Waals surface area contributed by atoms with Crippen molar-refractivity contribution in [1.29, 1.82) is 0 Å². The van der Waals surface area contributed by atoms with Gasteiger partial charge in [0.05, 0.1) is 12.5 Å². The van der Waals surface area contributed by atoms with Gasteiger partial charge in [0.1, 0.15) is 12.4 Å². The van der Waals surface area contributed by atoms with Gasteiger partial charge in [-0.15, -0.1) is 0 Å². The first-order valence-corrected chi connectivity index (χ1v) is 7.17. The van der Waals surface area contributed by atoms with Crippen molar-refractivity contribution in [2.75, 3.05) is 20.2 Å². The van der Waals surface area contributed by atoms with Crippen LogP contribution < -0.4 is 4.74 Å². The van der Waals surface area contributed by atoms with Crippen molar-refractivity contribution < 1.29 is 13.2 Å². The van der Waals surface area contributed by atoms with Crippen molar-refractivity contribution in [2.24, 2.45) is 0 Å². The molecule has 0 saturated heterocycles. The number of rotatable bonds is 6. The summed E-state index contributed by atoms with van der Waals surface area (Å²) >= 11 is 0. The maximum absolute atomic E-state index is 12.0. The number of likely N-dealkylation sites (N-methyl/N-ethyl adjacent to an activating group) is 1. The second kappa shape index (κ2) is 5.85. The van der Waals surface area contributed by atoms with Crippen LogP contribution in [-0.2, 0) is 10.0 Å². The van der Waals surface area contributed by atoms with Crippen LogP contribution in [0.4, 0.5) is 0 Å². The number of sulfonamides is 1. The number of hydrogen-bond acceptors (Lipinski definition) is 4. The van der Waals surface area contributed by atoms with E-state index in [-0.39, 0.29) is 18.2 Å². The van der Waals surface area contributed by atoms with E-state index in [1.54, 1.807) is 0 Å². The van der Waals surface area contributed by atoms with Gasteiger partial charge in [-0.3, -0.25) is 0 Å². The SMILES string of the molecule is CN(CCOc1ccccc1)S(=O)(=O)c1cnc[nH]1. The third-order valence-corrected chi connectivity index (χ3v) is 4.36. The van der Waals surface area contributed by atoms with Gasteiger partial charge in [0.25, 0.3) is 10.0 Å². The largest absolute Gasteiger partial charge is 0.492 e. The molecule has 7 heteroatoms. The molecule has 1 aromatic heterocycles. The van der Waals surface area contributed by atoms with Crippen LogP contribution in [0.5, 0.6) is 5.75 Å². The van der Waals surface area contributed by atoms with E-state index >= 15 is 0 Å². The third kappa shape index (κ3) is 3.33. The molecule has 1 N–H and O–H groups in total. The molecule has 2 aromatic rings. The fourth-order valence-electron chi connectivity index (χ4n) is 1.48. The molecule has 0 amide bonds.